The van der Waals surface area contributed by atoms with E-state index in [0.717, 1.165) is 36.1 Å². The van der Waals surface area contributed by atoms with E-state index in [1.54, 1.807) is 13.2 Å². The molecule has 0 aliphatic carbocycles. The van der Waals surface area contributed by atoms with Gasteiger partial charge in [-0.3, -0.25) is 0 Å². The van der Waals surface area contributed by atoms with Gasteiger partial charge in [0.2, 0.25) is 0 Å². The van der Waals surface area contributed by atoms with Crippen LogP contribution < -0.4 is 5.32 Å². The van der Waals surface area contributed by atoms with Gasteiger partial charge in [0.1, 0.15) is 12.4 Å². The number of hydrogen-bond acceptors (Lipinski definition) is 4. The molecule has 0 fully saturated rings. The van der Waals surface area contributed by atoms with E-state index in [1.807, 2.05) is 42.6 Å². The van der Waals surface area contributed by atoms with Gasteiger partial charge in [-0.25, -0.2) is 4.99 Å². The molecule has 0 atom stereocenters. The average molecular weight is 413 g/mol. The van der Waals surface area contributed by atoms with Gasteiger partial charge in [-0.05, 0) is 31.0 Å². The molecule has 27 heavy (non-hydrogen) atoms. The summed E-state index contributed by atoms with van der Waals surface area (Å²) in [7, 11) is 5.61. The highest BCUT2D eigenvalue weighted by Gasteiger charge is 2.10. The third kappa shape index (κ3) is 6.37. The first-order valence-electron chi connectivity index (χ1n) is 8.69. The Morgan fingerprint density at radius 2 is 2.07 bits per heavy atom. The van der Waals surface area contributed by atoms with Crippen LogP contribution in [0.2, 0.25) is 10.0 Å². The van der Waals surface area contributed by atoms with Crippen molar-refractivity contribution < 1.29 is 4.74 Å². The summed E-state index contributed by atoms with van der Waals surface area (Å²) in [5, 5.41) is 12.7. The molecule has 0 bridgehead atoms. The lowest BCUT2D eigenvalue weighted by molar-refractivity contribution is 0.195. The van der Waals surface area contributed by atoms with Gasteiger partial charge in [0.15, 0.2) is 11.8 Å². The number of methoxy groups -OCH3 is 1. The van der Waals surface area contributed by atoms with Crippen molar-refractivity contribution in [1.82, 2.24) is 25.0 Å². The second-order valence-electron chi connectivity index (χ2n) is 6.24. The van der Waals surface area contributed by atoms with Gasteiger partial charge in [-0.2, -0.15) is 0 Å². The van der Waals surface area contributed by atoms with Crippen molar-refractivity contribution in [2.45, 2.75) is 26.4 Å². The maximum atomic E-state index is 6.13. The molecule has 0 aliphatic rings. The summed E-state index contributed by atoms with van der Waals surface area (Å²) in [5.74, 6) is 2.45. The largest absolute Gasteiger partial charge is 0.385 e. The summed E-state index contributed by atoms with van der Waals surface area (Å²) in [6, 6.07) is 5.63. The van der Waals surface area contributed by atoms with E-state index in [-0.39, 0.29) is 0 Å². The van der Waals surface area contributed by atoms with E-state index < -0.39 is 0 Å². The van der Waals surface area contributed by atoms with Crippen LogP contribution >= 0.6 is 23.2 Å². The van der Waals surface area contributed by atoms with E-state index >= 15 is 0 Å². The zero-order valence-electron chi connectivity index (χ0n) is 16.2. The number of rotatable bonds is 8. The van der Waals surface area contributed by atoms with Crippen LogP contribution in [0.4, 0.5) is 0 Å². The highest BCUT2D eigenvalue weighted by Crippen LogP contribution is 2.23. The smallest absolute Gasteiger partial charge is 0.194 e. The Labute approximate surface area is 170 Å². The molecule has 0 aliphatic heterocycles. The third-order valence-corrected chi connectivity index (χ3v) is 4.87. The van der Waals surface area contributed by atoms with Gasteiger partial charge in [-0.1, -0.05) is 29.3 Å². The number of ether oxygens (including phenoxy) is 1. The maximum Gasteiger partial charge on any atom is 0.194 e. The first-order valence-corrected chi connectivity index (χ1v) is 9.45. The molecule has 0 amide bonds. The van der Waals surface area contributed by atoms with E-state index in [4.69, 9.17) is 32.9 Å². The Balaban J connectivity index is 2.10. The Hall–Kier alpha value is -1.83. The minimum absolute atomic E-state index is 0.440. The van der Waals surface area contributed by atoms with E-state index in [0.29, 0.717) is 29.7 Å². The summed E-state index contributed by atoms with van der Waals surface area (Å²) < 4.78 is 7.05. The number of aryl methyl sites for hydroxylation is 1. The highest BCUT2D eigenvalue weighted by atomic mass is 35.5. The fourth-order valence-electron chi connectivity index (χ4n) is 2.45. The highest BCUT2D eigenvalue weighted by molar-refractivity contribution is 6.42. The van der Waals surface area contributed by atoms with E-state index in [9.17, 15) is 0 Å². The minimum Gasteiger partial charge on any atom is -0.385 e. The number of aromatic nitrogens is 3. The van der Waals surface area contributed by atoms with Gasteiger partial charge < -0.3 is 19.5 Å². The van der Waals surface area contributed by atoms with Crippen LogP contribution in [0.5, 0.6) is 0 Å². The molecule has 1 heterocycles. The predicted octanol–water partition coefficient (Wildman–Crippen LogP) is 3.04. The Morgan fingerprint density at radius 3 is 2.70 bits per heavy atom. The number of benzene rings is 1. The first kappa shape index (κ1) is 21.5. The topological polar surface area (TPSA) is 67.6 Å². The predicted molar refractivity (Wildman–Crippen MR) is 109 cm³/mol. The SMILES string of the molecule is COCCCNC(=NCc1nnc(C)n1C)N(C)Cc1ccc(Cl)c(Cl)c1. The summed E-state index contributed by atoms with van der Waals surface area (Å²) >= 11 is 12.1. The molecule has 0 spiro atoms. The second-order valence-corrected chi connectivity index (χ2v) is 7.05. The lowest BCUT2D eigenvalue weighted by Crippen LogP contribution is -2.39. The van der Waals surface area contributed by atoms with Crippen LogP contribution in [0.1, 0.15) is 23.6 Å². The Bertz CT molecular complexity index is 777. The number of halogens is 2. The van der Waals surface area contributed by atoms with Gasteiger partial charge >= 0.3 is 0 Å². The van der Waals surface area contributed by atoms with Gasteiger partial charge in [-0.15, -0.1) is 10.2 Å². The molecule has 0 saturated carbocycles. The average Bonchev–Trinajstić information content (AvgIpc) is 2.96. The zero-order chi connectivity index (χ0) is 19.8. The van der Waals surface area contributed by atoms with Crippen LogP contribution in [-0.4, -0.2) is 52.9 Å². The lowest BCUT2D eigenvalue weighted by atomic mass is 10.2. The normalized spacial score (nSPS) is 11.7. The molecule has 2 aromatic rings. The molecule has 1 aromatic heterocycles. The molecular formula is C18H26Cl2N6O. The Morgan fingerprint density at radius 1 is 1.30 bits per heavy atom. The van der Waals surface area contributed by atoms with Crippen LogP contribution in [0.15, 0.2) is 23.2 Å². The fourth-order valence-corrected chi connectivity index (χ4v) is 2.77. The fraction of sp³-hybridized carbons (Fsp3) is 0.500. The van der Waals surface area contributed by atoms with Crippen molar-refractivity contribution in [3.05, 3.63) is 45.5 Å². The van der Waals surface area contributed by atoms with Crippen LogP contribution in [-0.2, 0) is 24.9 Å². The van der Waals surface area contributed by atoms with Gasteiger partial charge in [0.25, 0.3) is 0 Å². The number of hydrogen-bond donors (Lipinski definition) is 1. The van der Waals surface area contributed by atoms with Gasteiger partial charge in [0.05, 0.1) is 10.0 Å². The summed E-state index contributed by atoms with van der Waals surface area (Å²) in [4.78, 5) is 6.75. The third-order valence-electron chi connectivity index (χ3n) is 4.13. The van der Waals surface area contributed by atoms with Crippen molar-refractivity contribution >= 4 is 29.2 Å². The van der Waals surface area contributed by atoms with Gasteiger partial charge in [0, 0.05) is 40.9 Å². The molecule has 9 heteroatoms. The van der Waals surface area contributed by atoms with Crippen molar-refractivity contribution in [3.8, 4) is 0 Å². The number of nitrogens with zero attached hydrogens (tertiary/aromatic N) is 5. The molecule has 1 aromatic carbocycles. The maximum absolute atomic E-state index is 6.13. The van der Waals surface area contributed by atoms with Crippen molar-refractivity contribution in [3.63, 3.8) is 0 Å². The quantitative estimate of drug-likeness (QED) is 0.409. The molecule has 0 radical (unpaired) electrons. The standard InChI is InChI=1S/C18H26Cl2N6O/c1-13-23-24-17(26(13)3)11-22-18(21-8-5-9-27-4)25(2)12-14-6-7-15(19)16(20)10-14/h6-7,10H,5,8-9,11-12H2,1-4H3,(H,21,22). The summed E-state index contributed by atoms with van der Waals surface area (Å²) in [6.45, 7) is 4.45. The molecular weight excluding hydrogens is 387 g/mol. The molecule has 7 nitrogen and oxygen atoms in total. The molecule has 0 saturated heterocycles. The molecule has 0 unspecified atom stereocenters. The molecule has 1 N–H and O–H groups in total. The zero-order valence-corrected chi connectivity index (χ0v) is 17.7. The molecule has 2 rings (SSSR count). The van der Waals surface area contributed by atoms with Crippen molar-refractivity contribution in [2.24, 2.45) is 12.0 Å². The summed E-state index contributed by atoms with van der Waals surface area (Å²) in [5.41, 5.74) is 1.05. The second kappa shape index (κ2) is 10.5. The van der Waals surface area contributed by atoms with Crippen molar-refractivity contribution in [2.75, 3.05) is 27.3 Å². The first-order chi connectivity index (χ1) is 12.9. The summed E-state index contributed by atoms with van der Waals surface area (Å²) in [6.07, 6.45) is 0.888. The molecule has 148 valence electrons. The number of nitrogens with one attached hydrogen (secondary N) is 1. The monoisotopic (exact) mass is 412 g/mol. The minimum atomic E-state index is 0.440. The number of aliphatic imine (C=N–C) groups is 1. The Kier molecular flexibility index (Phi) is 8.34. The van der Waals surface area contributed by atoms with E-state index in [1.165, 1.54) is 0 Å². The number of guanidine groups is 1. The lowest BCUT2D eigenvalue weighted by Gasteiger charge is -2.23. The van der Waals surface area contributed by atoms with Crippen molar-refractivity contribution in [1.29, 1.82) is 0 Å². The van der Waals surface area contributed by atoms with Crippen LogP contribution in [0, 0.1) is 6.92 Å². The van der Waals surface area contributed by atoms with Crippen LogP contribution in [0.3, 0.4) is 0 Å². The van der Waals surface area contributed by atoms with E-state index in [2.05, 4.69) is 15.5 Å². The van der Waals surface area contributed by atoms with Crippen LogP contribution in [0.25, 0.3) is 0 Å².